The van der Waals surface area contributed by atoms with Gasteiger partial charge in [-0.2, -0.15) is 0 Å². The highest BCUT2D eigenvalue weighted by Gasteiger charge is 2.07. The molecule has 0 saturated carbocycles. The Bertz CT molecular complexity index is 881. The van der Waals surface area contributed by atoms with Gasteiger partial charge in [-0.1, -0.05) is 24.3 Å². The molecule has 2 aromatic carbocycles. The van der Waals surface area contributed by atoms with Gasteiger partial charge in [-0.05, 0) is 42.2 Å². The molecule has 0 aliphatic heterocycles. The van der Waals surface area contributed by atoms with E-state index in [4.69, 9.17) is 0 Å². The van der Waals surface area contributed by atoms with Crippen LogP contribution in [-0.4, -0.2) is 21.7 Å². The summed E-state index contributed by atoms with van der Waals surface area (Å²) in [6, 6.07) is 16.0. The standard InChI is InChI=1S/C19H19N3OS/c1-22-17-6-4-3-5-16(17)21-18(22)13-20-19(23)12-9-14-7-10-15(24-2)11-8-14/h3-12H,13H2,1-2H3,(H,20,23)/b12-9+. The monoisotopic (exact) mass is 337 g/mol. The lowest BCUT2D eigenvalue weighted by Gasteiger charge is -2.03. The summed E-state index contributed by atoms with van der Waals surface area (Å²) in [6.07, 6.45) is 5.41. The fraction of sp³-hybridized carbons (Fsp3) is 0.158. The highest BCUT2D eigenvalue weighted by atomic mass is 32.2. The summed E-state index contributed by atoms with van der Waals surface area (Å²) in [7, 11) is 1.96. The van der Waals surface area contributed by atoms with E-state index in [1.807, 2.05) is 72.5 Å². The maximum Gasteiger partial charge on any atom is 0.244 e. The van der Waals surface area contributed by atoms with Crippen LogP contribution in [0.1, 0.15) is 11.4 Å². The van der Waals surface area contributed by atoms with Crippen LogP contribution >= 0.6 is 11.8 Å². The maximum absolute atomic E-state index is 12.0. The van der Waals surface area contributed by atoms with Gasteiger partial charge in [0.25, 0.3) is 0 Å². The Hall–Kier alpha value is -2.53. The number of carbonyl (C=O) groups excluding carboxylic acids is 1. The first-order valence-corrected chi connectivity index (χ1v) is 8.90. The average Bonchev–Trinajstić information content (AvgIpc) is 2.95. The third-order valence-corrected chi connectivity index (χ3v) is 4.59. The molecule has 0 saturated heterocycles. The van der Waals surface area contributed by atoms with Crippen LogP contribution in [0.15, 0.2) is 59.5 Å². The molecule has 0 atom stereocenters. The molecule has 0 fully saturated rings. The number of nitrogens with one attached hydrogen (secondary N) is 1. The number of para-hydroxylation sites is 2. The summed E-state index contributed by atoms with van der Waals surface area (Å²) in [6.45, 7) is 0.403. The van der Waals surface area contributed by atoms with Crippen LogP contribution in [0.4, 0.5) is 0 Å². The van der Waals surface area contributed by atoms with Crippen LogP contribution in [0.25, 0.3) is 17.1 Å². The van der Waals surface area contributed by atoms with E-state index in [9.17, 15) is 4.79 Å². The van der Waals surface area contributed by atoms with Gasteiger partial charge in [0.2, 0.25) is 5.91 Å². The molecule has 1 aromatic heterocycles. The second-order valence-electron chi connectivity index (χ2n) is 5.40. The minimum Gasteiger partial charge on any atom is -0.345 e. The van der Waals surface area contributed by atoms with Crippen molar-refractivity contribution >= 4 is 34.8 Å². The van der Waals surface area contributed by atoms with E-state index in [0.717, 1.165) is 22.4 Å². The molecular formula is C19H19N3OS. The molecule has 0 bridgehead atoms. The molecule has 0 unspecified atom stereocenters. The normalized spacial score (nSPS) is 11.2. The summed E-state index contributed by atoms with van der Waals surface area (Å²) in [4.78, 5) is 17.8. The molecule has 1 amide bonds. The first-order chi connectivity index (χ1) is 11.7. The maximum atomic E-state index is 12.0. The van der Waals surface area contributed by atoms with Gasteiger partial charge >= 0.3 is 0 Å². The molecule has 1 N–H and O–H groups in total. The minimum absolute atomic E-state index is 0.129. The minimum atomic E-state index is -0.129. The summed E-state index contributed by atoms with van der Waals surface area (Å²) < 4.78 is 2.00. The number of amides is 1. The summed E-state index contributed by atoms with van der Waals surface area (Å²) >= 11 is 1.70. The van der Waals surface area contributed by atoms with Crippen molar-refractivity contribution in [2.75, 3.05) is 6.26 Å². The fourth-order valence-corrected chi connectivity index (χ4v) is 2.87. The van der Waals surface area contributed by atoms with Gasteiger partial charge in [0, 0.05) is 18.0 Å². The van der Waals surface area contributed by atoms with Crippen LogP contribution in [0.3, 0.4) is 0 Å². The Labute approximate surface area is 145 Å². The zero-order valence-electron chi connectivity index (χ0n) is 13.7. The van der Waals surface area contributed by atoms with Crippen LogP contribution in [0, 0.1) is 0 Å². The lowest BCUT2D eigenvalue weighted by molar-refractivity contribution is -0.116. The van der Waals surface area contributed by atoms with Crippen molar-refractivity contribution in [2.24, 2.45) is 7.05 Å². The van der Waals surface area contributed by atoms with E-state index in [0.29, 0.717) is 6.54 Å². The van der Waals surface area contributed by atoms with E-state index >= 15 is 0 Å². The Morgan fingerprint density at radius 3 is 2.67 bits per heavy atom. The second-order valence-corrected chi connectivity index (χ2v) is 6.28. The Morgan fingerprint density at radius 1 is 1.21 bits per heavy atom. The predicted octanol–water partition coefficient (Wildman–Crippen LogP) is 3.62. The van der Waals surface area contributed by atoms with E-state index in [-0.39, 0.29) is 5.91 Å². The van der Waals surface area contributed by atoms with Gasteiger partial charge in [0.15, 0.2) is 0 Å². The van der Waals surface area contributed by atoms with Gasteiger partial charge in [-0.25, -0.2) is 4.98 Å². The van der Waals surface area contributed by atoms with Crippen LogP contribution in [0.2, 0.25) is 0 Å². The molecule has 0 spiro atoms. The number of nitrogens with zero attached hydrogens (tertiary/aromatic N) is 2. The molecule has 0 aliphatic carbocycles. The zero-order valence-corrected chi connectivity index (χ0v) is 14.5. The lowest BCUT2D eigenvalue weighted by atomic mass is 10.2. The molecular weight excluding hydrogens is 318 g/mol. The van der Waals surface area contributed by atoms with Gasteiger partial charge in [0.1, 0.15) is 5.82 Å². The van der Waals surface area contributed by atoms with Crippen molar-refractivity contribution in [3.8, 4) is 0 Å². The van der Waals surface area contributed by atoms with Gasteiger partial charge in [-0.15, -0.1) is 11.8 Å². The van der Waals surface area contributed by atoms with Gasteiger partial charge in [-0.3, -0.25) is 4.79 Å². The molecule has 1 heterocycles. The molecule has 5 heteroatoms. The first kappa shape index (κ1) is 16.3. The number of hydrogen-bond acceptors (Lipinski definition) is 3. The SMILES string of the molecule is CSc1ccc(/C=C/C(=O)NCc2nc3ccccc3n2C)cc1. The highest BCUT2D eigenvalue weighted by Crippen LogP contribution is 2.16. The Morgan fingerprint density at radius 2 is 1.96 bits per heavy atom. The quantitative estimate of drug-likeness (QED) is 0.571. The summed E-state index contributed by atoms with van der Waals surface area (Å²) in [5, 5.41) is 2.88. The number of rotatable bonds is 5. The van der Waals surface area contributed by atoms with Crippen molar-refractivity contribution in [3.05, 3.63) is 66.0 Å². The molecule has 4 nitrogen and oxygen atoms in total. The number of aryl methyl sites for hydroxylation is 1. The van der Waals surface area contributed by atoms with E-state index in [2.05, 4.69) is 10.3 Å². The number of aromatic nitrogens is 2. The number of thioether (sulfide) groups is 1. The molecule has 24 heavy (non-hydrogen) atoms. The Kier molecular flexibility index (Phi) is 5.01. The Balaban J connectivity index is 1.62. The fourth-order valence-electron chi connectivity index (χ4n) is 2.47. The summed E-state index contributed by atoms with van der Waals surface area (Å²) in [5.74, 6) is 0.707. The number of carbonyl (C=O) groups is 1. The van der Waals surface area contributed by atoms with E-state index in [1.54, 1.807) is 17.8 Å². The zero-order chi connectivity index (χ0) is 16.9. The van der Waals surface area contributed by atoms with Crippen molar-refractivity contribution in [1.82, 2.24) is 14.9 Å². The van der Waals surface area contributed by atoms with Crippen LogP contribution < -0.4 is 5.32 Å². The number of benzene rings is 2. The third-order valence-electron chi connectivity index (χ3n) is 3.84. The number of imidazole rings is 1. The second kappa shape index (κ2) is 7.36. The number of fused-ring (bicyclic) bond motifs is 1. The van der Waals surface area contributed by atoms with Crippen LogP contribution in [-0.2, 0) is 18.4 Å². The van der Waals surface area contributed by atoms with Crippen molar-refractivity contribution in [1.29, 1.82) is 0 Å². The summed E-state index contributed by atoms with van der Waals surface area (Å²) in [5.41, 5.74) is 3.01. The molecule has 3 rings (SSSR count). The largest absolute Gasteiger partial charge is 0.345 e. The number of hydrogen-bond donors (Lipinski definition) is 1. The van der Waals surface area contributed by atoms with Crippen molar-refractivity contribution in [2.45, 2.75) is 11.4 Å². The van der Waals surface area contributed by atoms with Crippen molar-refractivity contribution < 1.29 is 4.79 Å². The van der Waals surface area contributed by atoms with E-state index in [1.165, 1.54) is 4.90 Å². The van der Waals surface area contributed by atoms with Crippen molar-refractivity contribution in [3.63, 3.8) is 0 Å². The lowest BCUT2D eigenvalue weighted by Crippen LogP contribution is -2.22. The van der Waals surface area contributed by atoms with Crippen LogP contribution in [0.5, 0.6) is 0 Å². The average molecular weight is 337 g/mol. The predicted molar refractivity (Wildman–Crippen MR) is 99.8 cm³/mol. The van der Waals surface area contributed by atoms with Gasteiger partial charge < -0.3 is 9.88 Å². The molecule has 3 aromatic rings. The molecule has 0 radical (unpaired) electrons. The van der Waals surface area contributed by atoms with E-state index < -0.39 is 0 Å². The first-order valence-electron chi connectivity index (χ1n) is 7.67. The van der Waals surface area contributed by atoms with Gasteiger partial charge in [0.05, 0.1) is 17.6 Å². The molecule has 0 aliphatic rings. The highest BCUT2D eigenvalue weighted by molar-refractivity contribution is 7.98. The molecule has 122 valence electrons. The topological polar surface area (TPSA) is 46.9 Å². The smallest absolute Gasteiger partial charge is 0.244 e. The third kappa shape index (κ3) is 3.68.